The van der Waals surface area contributed by atoms with Crippen molar-refractivity contribution in [2.45, 2.75) is 37.4 Å². The topological polar surface area (TPSA) is 63.2 Å². The SMILES string of the molecule is C[C@H](CS(=O)(=O)CC(F)(F)F)NC(=O)c1ccc(/C(F)=C/C(c2ccc(Br)c(Cl)c2)C(F)(F)F)cc1C(F)(F)F. The second kappa shape index (κ2) is 12.3. The Bertz CT molecular complexity index is 1390. The van der Waals surface area contributed by atoms with Gasteiger partial charge in [-0.3, -0.25) is 4.79 Å². The van der Waals surface area contributed by atoms with Gasteiger partial charge in [-0.2, -0.15) is 39.5 Å². The highest BCUT2D eigenvalue weighted by atomic mass is 79.9. The van der Waals surface area contributed by atoms with Crippen LogP contribution in [0.5, 0.6) is 0 Å². The largest absolute Gasteiger partial charge is 0.417 e. The van der Waals surface area contributed by atoms with Crippen LogP contribution in [0.15, 0.2) is 46.9 Å². The van der Waals surface area contributed by atoms with Gasteiger partial charge in [0, 0.05) is 16.1 Å². The maximum absolute atomic E-state index is 14.9. The molecule has 0 aliphatic heterocycles. The van der Waals surface area contributed by atoms with Crippen LogP contribution in [0.4, 0.5) is 43.9 Å². The number of carbonyl (C=O) groups excluding carboxylic acids is 1. The standard InChI is InChI=1S/C23H17BrClF10NO3S/c1-11(9-40(38,39)10-21(27,28)29)36-20(37)14-4-2-13(6-16(14)23(33,34)35)19(26)8-15(22(30,31)32)12-3-5-17(24)18(25)7-12/h2-8,11,15H,9-10H2,1H3,(H,36,37)/b19-8-/t11-,15?/m1/s1. The Balaban J connectivity index is 2.43. The maximum atomic E-state index is 14.9. The Morgan fingerprint density at radius 3 is 2.12 bits per heavy atom. The quantitative estimate of drug-likeness (QED) is 0.287. The lowest BCUT2D eigenvalue weighted by Gasteiger charge is -2.19. The average Bonchev–Trinajstić information content (AvgIpc) is 2.75. The molecule has 2 aromatic rings. The minimum absolute atomic E-state index is 0.0301. The molecule has 40 heavy (non-hydrogen) atoms. The molecule has 0 saturated carbocycles. The fourth-order valence-electron chi connectivity index (χ4n) is 3.49. The first kappa shape index (κ1) is 33.9. The number of carbonyl (C=O) groups is 1. The summed E-state index contributed by atoms with van der Waals surface area (Å²) in [4.78, 5) is 12.4. The second-order valence-corrected chi connectivity index (χ2v) is 11.9. The van der Waals surface area contributed by atoms with E-state index in [1.54, 1.807) is 0 Å². The normalized spacial score (nSPS) is 15.1. The molecule has 2 rings (SSSR count). The minimum Gasteiger partial charge on any atom is -0.349 e. The molecule has 222 valence electrons. The Hall–Kier alpha value is -2.33. The number of halogens is 12. The van der Waals surface area contributed by atoms with Gasteiger partial charge >= 0.3 is 18.5 Å². The third-order valence-corrected chi connectivity index (χ3v) is 8.09. The number of nitrogens with one attached hydrogen (secondary N) is 1. The molecule has 0 spiro atoms. The van der Waals surface area contributed by atoms with Crippen LogP contribution in [0.25, 0.3) is 5.83 Å². The monoisotopic (exact) mass is 691 g/mol. The summed E-state index contributed by atoms with van der Waals surface area (Å²) in [5.74, 6) is -9.37. The van der Waals surface area contributed by atoms with Crippen molar-refractivity contribution >= 4 is 49.1 Å². The molecule has 0 bridgehead atoms. The molecule has 2 aromatic carbocycles. The molecule has 0 saturated heterocycles. The molecule has 4 nitrogen and oxygen atoms in total. The van der Waals surface area contributed by atoms with Crippen LogP contribution in [0.2, 0.25) is 5.02 Å². The zero-order valence-electron chi connectivity index (χ0n) is 19.8. The zero-order chi connectivity index (χ0) is 30.8. The molecule has 1 amide bonds. The van der Waals surface area contributed by atoms with Crippen molar-refractivity contribution in [3.63, 3.8) is 0 Å². The van der Waals surface area contributed by atoms with Crippen LogP contribution in [-0.2, 0) is 16.0 Å². The van der Waals surface area contributed by atoms with Gasteiger partial charge in [0.2, 0.25) is 0 Å². The first-order valence-electron chi connectivity index (χ1n) is 10.7. The third kappa shape index (κ3) is 9.65. The van der Waals surface area contributed by atoms with E-state index in [0.717, 1.165) is 25.1 Å². The molecule has 0 aliphatic carbocycles. The van der Waals surface area contributed by atoms with Crippen molar-refractivity contribution in [3.05, 3.63) is 74.2 Å². The Morgan fingerprint density at radius 1 is 1.02 bits per heavy atom. The fourth-order valence-corrected chi connectivity index (χ4v) is 5.38. The molecule has 17 heteroatoms. The number of amides is 1. The number of benzene rings is 2. The molecule has 2 atom stereocenters. The molecular weight excluding hydrogens is 676 g/mol. The van der Waals surface area contributed by atoms with Gasteiger partial charge in [0.15, 0.2) is 9.84 Å². The van der Waals surface area contributed by atoms with Gasteiger partial charge in [-0.1, -0.05) is 23.7 Å². The number of hydrogen-bond acceptors (Lipinski definition) is 3. The van der Waals surface area contributed by atoms with E-state index >= 15 is 0 Å². The molecule has 1 N–H and O–H groups in total. The highest BCUT2D eigenvalue weighted by Gasteiger charge is 2.41. The van der Waals surface area contributed by atoms with Crippen LogP contribution < -0.4 is 5.32 Å². The number of allylic oxidation sites excluding steroid dienone is 1. The summed E-state index contributed by atoms with van der Waals surface area (Å²) >= 11 is 8.79. The zero-order valence-corrected chi connectivity index (χ0v) is 22.9. The Morgan fingerprint density at radius 2 is 1.62 bits per heavy atom. The maximum Gasteiger partial charge on any atom is 0.417 e. The van der Waals surface area contributed by atoms with Crippen molar-refractivity contribution in [2.75, 3.05) is 11.5 Å². The van der Waals surface area contributed by atoms with Gasteiger partial charge in [-0.25, -0.2) is 12.8 Å². The van der Waals surface area contributed by atoms with E-state index in [0.29, 0.717) is 12.1 Å². The second-order valence-electron chi connectivity index (χ2n) is 8.51. The first-order valence-corrected chi connectivity index (χ1v) is 13.7. The lowest BCUT2D eigenvalue weighted by Crippen LogP contribution is -2.40. The van der Waals surface area contributed by atoms with E-state index in [4.69, 9.17) is 11.6 Å². The Kier molecular flexibility index (Phi) is 10.4. The highest BCUT2D eigenvalue weighted by Crippen LogP contribution is 2.41. The van der Waals surface area contributed by atoms with Crippen molar-refractivity contribution < 1.29 is 57.1 Å². The summed E-state index contributed by atoms with van der Waals surface area (Å²) in [6, 6.07) is 2.56. The predicted octanol–water partition coefficient (Wildman–Crippen LogP) is 7.87. The predicted molar refractivity (Wildman–Crippen MR) is 130 cm³/mol. The lowest BCUT2D eigenvalue weighted by atomic mass is 9.95. The molecule has 0 heterocycles. The third-order valence-electron chi connectivity index (χ3n) is 5.08. The summed E-state index contributed by atoms with van der Waals surface area (Å²) in [5.41, 5.74) is -4.44. The Labute approximate surface area is 234 Å². The van der Waals surface area contributed by atoms with Gasteiger partial charge in [-0.05, 0) is 58.8 Å². The van der Waals surface area contributed by atoms with Gasteiger partial charge in [0.25, 0.3) is 5.91 Å². The van der Waals surface area contributed by atoms with Crippen LogP contribution in [-0.4, -0.2) is 44.2 Å². The lowest BCUT2D eigenvalue weighted by molar-refractivity contribution is -0.140. The summed E-state index contributed by atoms with van der Waals surface area (Å²) < 4.78 is 158. The van der Waals surface area contributed by atoms with Crippen LogP contribution >= 0.6 is 27.5 Å². The smallest absolute Gasteiger partial charge is 0.349 e. The van der Waals surface area contributed by atoms with Gasteiger partial charge in [-0.15, -0.1) is 0 Å². The molecule has 0 fully saturated rings. The first-order chi connectivity index (χ1) is 18.0. The fraction of sp³-hybridized carbons (Fsp3) is 0.348. The number of rotatable bonds is 8. The van der Waals surface area contributed by atoms with E-state index in [9.17, 15) is 57.1 Å². The molecule has 0 radical (unpaired) electrons. The summed E-state index contributed by atoms with van der Waals surface area (Å²) in [6.45, 7) is 0.932. The summed E-state index contributed by atoms with van der Waals surface area (Å²) in [6.07, 6.45) is -15.5. The molecular formula is C23H17BrClF10NO3S. The van der Waals surface area contributed by atoms with E-state index in [-0.39, 0.29) is 21.6 Å². The summed E-state index contributed by atoms with van der Waals surface area (Å²) in [5, 5.41) is 1.68. The number of alkyl halides is 9. The van der Waals surface area contributed by atoms with E-state index in [2.05, 4.69) is 15.9 Å². The van der Waals surface area contributed by atoms with Crippen molar-refractivity contribution in [2.24, 2.45) is 0 Å². The van der Waals surface area contributed by atoms with Gasteiger partial charge < -0.3 is 5.32 Å². The van der Waals surface area contributed by atoms with Crippen LogP contribution in [0.3, 0.4) is 0 Å². The molecule has 0 aromatic heterocycles. The van der Waals surface area contributed by atoms with E-state index in [1.807, 2.05) is 5.32 Å². The average molecular weight is 693 g/mol. The van der Waals surface area contributed by atoms with Crippen LogP contribution in [0, 0.1) is 0 Å². The van der Waals surface area contributed by atoms with E-state index < -0.39 is 85.8 Å². The molecule has 1 unspecified atom stereocenters. The van der Waals surface area contributed by atoms with Gasteiger partial charge in [0.05, 0.1) is 21.9 Å². The minimum atomic E-state index is -5.34. The summed E-state index contributed by atoms with van der Waals surface area (Å²) in [7, 11) is -4.80. The van der Waals surface area contributed by atoms with Crippen LogP contribution in [0.1, 0.15) is 39.9 Å². The number of hydrogen-bond donors (Lipinski definition) is 1. The molecule has 0 aliphatic rings. The number of sulfone groups is 1. The van der Waals surface area contributed by atoms with E-state index in [1.165, 1.54) is 0 Å². The van der Waals surface area contributed by atoms with Crippen molar-refractivity contribution in [3.8, 4) is 0 Å². The van der Waals surface area contributed by atoms with Gasteiger partial charge in [0.1, 0.15) is 17.5 Å². The van der Waals surface area contributed by atoms with Crippen molar-refractivity contribution in [1.82, 2.24) is 5.32 Å². The van der Waals surface area contributed by atoms with Crippen molar-refractivity contribution in [1.29, 1.82) is 0 Å². The highest BCUT2D eigenvalue weighted by molar-refractivity contribution is 9.10.